The molecule has 0 bridgehead atoms. The van der Waals surface area contributed by atoms with Crippen molar-refractivity contribution in [2.75, 3.05) is 0 Å². The Kier molecular flexibility index (Phi) is 12.7. The summed E-state index contributed by atoms with van der Waals surface area (Å²) in [6, 6.07) is 0. The Labute approximate surface area is 148 Å². The monoisotopic (exact) mass is 350 g/mol. The van der Waals surface area contributed by atoms with Gasteiger partial charge in [0.1, 0.15) is 0 Å². The maximum absolute atomic E-state index is 6.75. The molecule has 0 aromatic carbocycles. The Morgan fingerprint density at radius 3 is 0.955 bits per heavy atom. The van der Waals surface area contributed by atoms with E-state index in [1.54, 1.807) is 0 Å². The Balaban J connectivity index is 4.92. The first-order chi connectivity index (χ1) is 10.4. The highest BCUT2D eigenvalue weighted by Crippen LogP contribution is 2.36. The van der Waals surface area contributed by atoms with Crippen LogP contribution < -0.4 is 0 Å². The zero-order valence-corrected chi connectivity index (χ0v) is 16.6. The van der Waals surface area contributed by atoms with Crippen molar-refractivity contribution in [3.05, 3.63) is 0 Å². The van der Waals surface area contributed by atoms with Gasteiger partial charge in [-0.15, -0.1) is 0 Å². The average Bonchev–Trinajstić information content (AvgIpc) is 2.53. The molecule has 0 spiro atoms. The van der Waals surface area contributed by atoms with Gasteiger partial charge in [0, 0.05) is 0 Å². The highest BCUT2D eigenvalue weighted by molar-refractivity contribution is 6.24. The highest BCUT2D eigenvalue weighted by Gasteiger charge is 2.30. The maximum atomic E-state index is 6.75. The molecule has 0 radical (unpaired) electrons. The smallest absolute Gasteiger partial charge is 0.154 e. The van der Waals surface area contributed by atoms with Crippen molar-refractivity contribution in [1.29, 1.82) is 0 Å². The maximum Gasteiger partial charge on any atom is 0.154 e. The van der Waals surface area contributed by atoms with Crippen molar-refractivity contribution in [3.63, 3.8) is 0 Å². The van der Waals surface area contributed by atoms with Crippen molar-refractivity contribution in [2.24, 2.45) is 10.2 Å². The summed E-state index contributed by atoms with van der Waals surface area (Å²) in [7, 11) is 0. The Bertz CT molecular complexity index is 249. The van der Waals surface area contributed by atoms with Crippen LogP contribution in [-0.4, -0.2) is 10.00 Å². The van der Waals surface area contributed by atoms with E-state index in [1.807, 2.05) is 0 Å². The first-order valence-electron chi connectivity index (χ1n) is 9.27. The fourth-order valence-corrected chi connectivity index (χ4v) is 3.03. The van der Waals surface area contributed by atoms with Crippen LogP contribution in [0.1, 0.15) is 105 Å². The summed E-state index contributed by atoms with van der Waals surface area (Å²) in [6.07, 6.45) is 12.5. The largest absolute Gasteiger partial charge is 0.169 e. The van der Waals surface area contributed by atoms with Gasteiger partial charge < -0.3 is 0 Å². The topological polar surface area (TPSA) is 24.7 Å². The van der Waals surface area contributed by atoms with E-state index in [4.69, 9.17) is 23.2 Å². The number of azo groups is 1. The molecule has 0 aromatic heterocycles. The number of nitrogens with zero attached hydrogens (tertiary/aromatic N) is 2. The Morgan fingerprint density at radius 2 is 0.773 bits per heavy atom. The SMILES string of the molecule is CCCCC(Cl)(CCCC)/N=N/C(Cl)(CCCC)CCCC. The molecule has 0 aliphatic heterocycles. The molecule has 0 amide bonds. The van der Waals surface area contributed by atoms with Gasteiger partial charge in [0.05, 0.1) is 0 Å². The van der Waals surface area contributed by atoms with E-state index < -0.39 is 10.00 Å². The summed E-state index contributed by atoms with van der Waals surface area (Å²) in [5.74, 6) is 0. The molecule has 0 N–H and O–H groups in total. The van der Waals surface area contributed by atoms with Crippen LogP contribution in [0.15, 0.2) is 10.2 Å². The summed E-state index contributed by atoms with van der Waals surface area (Å²) in [6.45, 7) is 8.73. The summed E-state index contributed by atoms with van der Waals surface area (Å²) in [5.41, 5.74) is 0. The second-order valence-electron chi connectivity index (χ2n) is 6.45. The molecule has 0 aromatic rings. The van der Waals surface area contributed by atoms with E-state index in [1.165, 1.54) is 0 Å². The molecule has 0 saturated carbocycles. The molecule has 0 atom stereocenters. The third kappa shape index (κ3) is 10.0. The van der Waals surface area contributed by atoms with E-state index >= 15 is 0 Å². The lowest BCUT2D eigenvalue weighted by Crippen LogP contribution is -2.23. The van der Waals surface area contributed by atoms with E-state index in [2.05, 4.69) is 37.9 Å². The molecular formula is C18H36Cl2N2. The first-order valence-corrected chi connectivity index (χ1v) is 10.0. The molecule has 0 fully saturated rings. The van der Waals surface area contributed by atoms with Gasteiger partial charge in [-0.1, -0.05) is 76.6 Å². The van der Waals surface area contributed by atoms with Crippen molar-refractivity contribution in [2.45, 2.75) is 115 Å². The van der Waals surface area contributed by atoms with E-state index in [9.17, 15) is 0 Å². The minimum atomic E-state index is -0.551. The van der Waals surface area contributed by atoms with Crippen molar-refractivity contribution in [3.8, 4) is 0 Å². The van der Waals surface area contributed by atoms with Crippen LogP contribution in [-0.2, 0) is 0 Å². The normalized spacial score (nSPS) is 13.2. The molecule has 22 heavy (non-hydrogen) atoms. The van der Waals surface area contributed by atoms with Gasteiger partial charge in [-0.3, -0.25) is 0 Å². The van der Waals surface area contributed by atoms with Crippen LogP contribution in [0.5, 0.6) is 0 Å². The van der Waals surface area contributed by atoms with Gasteiger partial charge in [-0.25, -0.2) is 0 Å². The number of alkyl halides is 2. The van der Waals surface area contributed by atoms with Crippen LogP contribution in [0.4, 0.5) is 0 Å². The summed E-state index contributed by atoms with van der Waals surface area (Å²) < 4.78 is 0. The molecule has 0 heterocycles. The van der Waals surface area contributed by atoms with Crippen LogP contribution >= 0.6 is 23.2 Å². The predicted molar refractivity (Wildman–Crippen MR) is 100 cm³/mol. The number of hydrogen-bond donors (Lipinski definition) is 0. The van der Waals surface area contributed by atoms with Crippen LogP contribution in [0.3, 0.4) is 0 Å². The van der Waals surface area contributed by atoms with Crippen molar-refractivity contribution >= 4 is 23.2 Å². The lowest BCUT2D eigenvalue weighted by atomic mass is 10.0. The molecule has 0 aliphatic carbocycles. The standard InChI is InChI=1S/C18H36Cl2N2/c1-5-9-13-17(19,14-10-6-2)21-22-18(20,15-11-7-3)16-12-8-4/h5-16H2,1-4H3/b22-21+. The third-order valence-electron chi connectivity index (χ3n) is 4.06. The van der Waals surface area contributed by atoms with Gasteiger partial charge in [0.15, 0.2) is 10.00 Å². The van der Waals surface area contributed by atoms with E-state index in [-0.39, 0.29) is 0 Å². The summed E-state index contributed by atoms with van der Waals surface area (Å²) in [5, 5.41) is 9.13. The summed E-state index contributed by atoms with van der Waals surface area (Å²) >= 11 is 13.5. The van der Waals surface area contributed by atoms with Crippen LogP contribution in [0.2, 0.25) is 0 Å². The highest BCUT2D eigenvalue weighted by atomic mass is 35.5. The van der Waals surface area contributed by atoms with Crippen LogP contribution in [0, 0.1) is 0 Å². The minimum absolute atomic E-state index is 0.551. The molecule has 0 unspecified atom stereocenters. The lowest BCUT2D eigenvalue weighted by molar-refractivity contribution is 0.399. The molecule has 0 rings (SSSR count). The first kappa shape index (κ1) is 22.2. The van der Waals surface area contributed by atoms with E-state index in [0.29, 0.717) is 0 Å². The number of unbranched alkanes of at least 4 members (excludes halogenated alkanes) is 4. The van der Waals surface area contributed by atoms with Gasteiger partial charge >= 0.3 is 0 Å². The van der Waals surface area contributed by atoms with Crippen molar-refractivity contribution < 1.29 is 0 Å². The van der Waals surface area contributed by atoms with Crippen molar-refractivity contribution in [1.82, 2.24) is 0 Å². The van der Waals surface area contributed by atoms with Gasteiger partial charge in [0.25, 0.3) is 0 Å². The lowest BCUT2D eigenvalue weighted by Gasteiger charge is -2.26. The van der Waals surface area contributed by atoms with Gasteiger partial charge in [0.2, 0.25) is 0 Å². The molecule has 0 saturated heterocycles. The Hall–Kier alpha value is 0.180. The van der Waals surface area contributed by atoms with Gasteiger partial charge in [-0.05, 0) is 51.4 Å². The zero-order valence-electron chi connectivity index (χ0n) is 15.1. The quantitative estimate of drug-likeness (QED) is 0.172. The molecule has 0 aliphatic rings. The number of hydrogen-bond acceptors (Lipinski definition) is 2. The molecule has 2 nitrogen and oxygen atoms in total. The average molecular weight is 351 g/mol. The second kappa shape index (κ2) is 12.6. The number of rotatable bonds is 14. The fraction of sp³-hybridized carbons (Fsp3) is 1.00. The summed E-state index contributed by atoms with van der Waals surface area (Å²) in [4.78, 5) is -1.10. The van der Waals surface area contributed by atoms with Crippen LogP contribution in [0.25, 0.3) is 0 Å². The Morgan fingerprint density at radius 1 is 0.545 bits per heavy atom. The molecular weight excluding hydrogens is 315 g/mol. The minimum Gasteiger partial charge on any atom is -0.169 e. The van der Waals surface area contributed by atoms with E-state index in [0.717, 1.165) is 77.0 Å². The molecule has 4 heteroatoms. The molecule has 132 valence electrons. The second-order valence-corrected chi connectivity index (χ2v) is 7.86. The number of halogens is 2. The fourth-order valence-electron chi connectivity index (χ4n) is 2.42. The third-order valence-corrected chi connectivity index (χ3v) is 4.97. The zero-order chi connectivity index (χ0) is 16.9. The van der Waals surface area contributed by atoms with Gasteiger partial charge in [-0.2, -0.15) is 10.2 Å². The predicted octanol–water partition coefficient (Wildman–Crippen LogP) is 8.07.